The van der Waals surface area contributed by atoms with Crippen molar-refractivity contribution in [3.05, 3.63) is 40.4 Å². The summed E-state index contributed by atoms with van der Waals surface area (Å²) in [4.78, 5) is 4.24. The summed E-state index contributed by atoms with van der Waals surface area (Å²) in [5.74, 6) is 2.00. The Morgan fingerprint density at radius 3 is 2.56 bits per heavy atom. The van der Waals surface area contributed by atoms with Crippen molar-refractivity contribution >= 4 is 23.2 Å². The Kier molecular flexibility index (Phi) is 3.17. The number of nitrogens with zero attached hydrogens (tertiary/aromatic N) is 3. The van der Waals surface area contributed by atoms with Gasteiger partial charge in [-0.2, -0.15) is 5.10 Å². The molecule has 2 aromatic rings. The van der Waals surface area contributed by atoms with E-state index in [2.05, 4.69) is 10.1 Å². The molecule has 0 unspecified atom stereocenters. The Balaban J connectivity index is 2.52. The average molecular weight is 256 g/mol. The monoisotopic (exact) mass is 255 g/mol. The Bertz CT molecular complexity index is 520. The van der Waals surface area contributed by atoms with Crippen molar-refractivity contribution in [3.8, 4) is 5.69 Å². The van der Waals surface area contributed by atoms with Gasteiger partial charge in [0.05, 0.1) is 10.7 Å². The van der Waals surface area contributed by atoms with Crippen LogP contribution in [0.5, 0.6) is 0 Å². The van der Waals surface area contributed by atoms with Crippen molar-refractivity contribution < 1.29 is 0 Å². The van der Waals surface area contributed by atoms with E-state index >= 15 is 0 Å². The van der Waals surface area contributed by atoms with E-state index in [9.17, 15) is 0 Å². The van der Waals surface area contributed by atoms with Gasteiger partial charge < -0.3 is 0 Å². The van der Waals surface area contributed by atoms with Gasteiger partial charge in [0.2, 0.25) is 0 Å². The average Bonchev–Trinajstić information content (AvgIpc) is 2.57. The zero-order valence-corrected chi connectivity index (χ0v) is 10.5. The number of hydrogen-bond donors (Lipinski definition) is 0. The molecule has 2 rings (SSSR count). The van der Waals surface area contributed by atoms with Crippen LogP contribution in [0.15, 0.2) is 18.2 Å². The molecule has 0 N–H and O–H groups in total. The first kappa shape index (κ1) is 11.4. The van der Waals surface area contributed by atoms with Crippen LogP contribution in [-0.2, 0) is 5.88 Å². The van der Waals surface area contributed by atoms with Crippen molar-refractivity contribution in [1.29, 1.82) is 0 Å². The normalized spacial score (nSPS) is 10.8. The van der Waals surface area contributed by atoms with E-state index in [1.54, 1.807) is 4.68 Å². The zero-order valence-electron chi connectivity index (χ0n) is 9.04. The summed E-state index contributed by atoms with van der Waals surface area (Å²) in [6, 6.07) is 5.69. The third kappa shape index (κ3) is 2.06. The van der Waals surface area contributed by atoms with Crippen molar-refractivity contribution in [2.24, 2.45) is 0 Å². The number of rotatable bonds is 2. The van der Waals surface area contributed by atoms with E-state index < -0.39 is 0 Å². The number of aryl methyl sites for hydroxylation is 2. The maximum Gasteiger partial charge on any atom is 0.148 e. The summed E-state index contributed by atoms with van der Waals surface area (Å²) in [5, 5.41) is 4.92. The SMILES string of the molecule is Cc1nc(C)n(-c2ccc(CCl)cc2Cl)n1. The third-order valence-electron chi connectivity index (χ3n) is 2.27. The number of aromatic nitrogens is 3. The van der Waals surface area contributed by atoms with Crippen molar-refractivity contribution in [3.63, 3.8) is 0 Å². The van der Waals surface area contributed by atoms with Crippen molar-refractivity contribution in [2.45, 2.75) is 19.7 Å². The van der Waals surface area contributed by atoms with Crippen LogP contribution in [0.3, 0.4) is 0 Å². The topological polar surface area (TPSA) is 30.7 Å². The van der Waals surface area contributed by atoms with E-state index in [1.165, 1.54) is 0 Å². The van der Waals surface area contributed by atoms with Crippen LogP contribution in [-0.4, -0.2) is 14.8 Å². The van der Waals surface area contributed by atoms with E-state index in [0.717, 1.165) is 22.9 Å². The smallest absolute Gasteiger partial charge is 0.148 e. The molecule has 1 heterocycles. The van der Waals surface area contributed by atoms with Gasteiger partial charge in [0.25, 0.3) is 0 Å². The van der Waals surface area contributed by atoms with Gasteiger partial charge in [-0.25, -0.2) is 9.67 Å². The Morgan fingerprint density at radius 2 is 2.06 bits per heavy atom. The summed E-state index contributed by atoms with van der Waals surface area (Å²) in [6.07, 6.45) is 0. The molecule has 3 nitrogen and oxygen atoms in total. The molecular weight excluding hydrogens is 245 g/mol. The van der Waals surface area contributed by atoms with Gasteiger partial charge in [-0.3, -0.25) is 0 Å². The molecule has 84 valence electrons. The maximum absolute atomic E-state index is 6.18. The quantitative estimate of drug-likeness (QED) is 0.772. The molecule has 0 saturated carbocycles. The van der Waals surface area contributed by atoms with E-state index in [-0.39, 0.29) is 0 Å². The number of alkyl halides is 1. The molecule has 5 heteroatoms. The molecule has 0 fully saturated rings. The van der Waals surface area contributed by atoms with Gasteiger partial charge in [-0.1, -0.05) is 17.7 Å². The lowest BCUT2D eigenvalue weighted by Crippen LogP contribution is -2.00. The number of hydrogen-bond acceptors (Lipinski definition) is 2. The fraction of sp³-hybridized carbons (Fsp3) is 0.273. The predicted octanol–water partition coefficient (Wildman–Crippen LogP) is 3.28. The Labute approximate surface area is 104 Å². The second-order valence-corrected chi connectivity index (χ2v) is 4.21. The number of halogens is 2. The lowest BCUT2D eigenvalue weighted by atomic mass is 10.2. The summed E-state index contributed by atoms with van der Waals surface area (Å²) in [7, 11) is 0. The van der Waals surface area contributed by atoms with Crippen molar-refractivity contribution in [1.82, 2.24) is 14.8 Å². The Morgan fingerprint density at radius 1 is 1.31 bits per heavy atom. The molecule has 0 radical (unpaired) electrons. The summed E-state index contributed by atoms with van der Waals surface area (Å²) in [5.41, 5.74) is 1.82. The molecule has 0 aliphatic rings. The minimum Gasteiger partial charge on any atom is -0.217 e. The molecule has 16 heavy (non-hydrogen) atoms. The highest BCUT2D eigenvalue weighted by Crippen LogP contribution is 2.23. The molecule has 1 aromatic heterocycles. The van der Waals surface area contributed by atoms with Gasteiger partial charge >= 0.3 is 0 Å². The zero-order chi connectivity index (χ0) is 11.7. The molecular formula is C11H11Cl2N3. The second kappa shape index (κ2) is 4.44. The Hall–Kier alpha value is -1.06. The highest BCUT2D eigenvalue weighted by Gasteiger charge is 2.09. The number of benzene rings is 1. The van der Waals surface area contributed by atoms with Crippen LogP contribution < -0.4 is 0 Å². The lowest BCUT2D eigenvalue weighted by molar-refractivity contribution is 0.831. The largest absolute Gasteiger partial charge is 0.217 e. The van der Waals surface area contributed by atoms with E-state index in [1.807, 2.05) is 32.0 Å². The van der Waals surface area contributed by atoms with Gasteiger partial charge in [0.1, 0.15) is 11.6 Å². The van der Waals surface area contributed by atoms with Gasteiger partial charge in [0.15, 0.2) is 0 Å². The summed E-state index contributed by atoms with van der Waals surface area (Å²) >= 11 is 11.9. The van der Waals surface area contributed by atoms with E-state index in [0.29, 0.717) is 10.9 Å². The first-order valence-electron chi connectivity index (χ1n) is 4.87. The molecule has 0 atom stereocenters. The van der Waals surface area contributed by atoms with Crippen LogP contribution in [0.25, 0.3) is 5.69 Å². The van der Waals surface area contributed by atoms with E-state index in [4.69, 9.17) is 23.2 Å². The fourth-order valence-electron chi connectivity index (χ4n) is 1.55. The molecule has 0 aliphatic carbocycles. The minimum absolute atomic E-state index is 0.454. The fourth-order valence-corrected chi connectivity index (χ4v) is 2.00. The maximum atomic E-state index is 6.18. The molecule has 0 aliphatic heterocycles. The summed E-state index contributed by atoms with van der Waals surface area (Å²) < 4.78 is 1.73. The van der Waals surface area contributed by atoms with Crippen molar-refractivity contribution in [2.75, 3.05) is 0 Å². The lowest BCUT2D eigenvalue weighted by Gasteiger charge is -2.06. The van der Waals surface area contributed by atoms with Gasteiger partial charge in [0, 0.05) is 5.88 Å². The first-order chi connectivity index (χ1) is 7.61. The van der Waals surface area contributed by atoms with Crippen LogP contribution in [0.2, 0.25) is 5.02 Å². The molecule has 0 amide bonds. The van der Waals surface area contributed by atoms with Gasteiger partial charge in [-0.15, -0.1) is 11.6 Å². The highest BCUT2D eigenvalue weighted by atomic mass is 35.5. The minimum atomic E-state index is 0.454. The third-order valence-corrected chi connectivity index (χ3v) is 2.88. The predicted molar refractivity (Wildman–Crippen MR) is 65.4 cm³/mol. The molecule has 1 aromatic carbocycles. The molecule has 0 bridgehead atoms. The van der Waals surface area contributed by atoms with Crippen LogP contribution in [0.4, 0.5) is 0 Å². The molecule has 0 saturated heterocycles. The van der Waals surface area contributed by atoms with Gasteiger partial charge in [-0.05, 0) is 31.5 Å². The molecule has 0 spiro atoms. The van der Waals surface area contributed by atoms with Crippen LogP contribution in [0, 0.1) is 13.8 Å². The highest BCUT2D eigenvalue weighted by molar-refractivity contribution is 6.32. The first-order valence-corrected chi connectivity index (χ1v) is 5.78. The standard InChI is InChI=1S/C11H11Cl2N3/c1-7-14-8(2)16(15-7)11-4-3-9(6-12)5-10(11)13/h3-5H,6H2,1-2H3. The van der Waals surface area contributed by atoms with Crippen LogP contribution >= 0.6 is 23.2 Å². The second-order valence-electron chi connectivity index (χ2n) is 3.54. The summed E-state index contributed by atoms with van der Waals surface area (Å²) in [6.45, 7) is 3.75. The van der Waals surface area contributed by atoms with Crippen LogP contribution in [0.1, 0.15) is 17.2 Å².